The first-order chi connectivity index (χ1) is 10.6. The Morgan fingerprint density at radius 3 is 2.73 bits per heavy atom. The van der Waals surface area contributed by atoms with E-state index < -0.39 is 20.8 Å². The van der Waals surface area contributed by atoms with Crippen molar-refractivity contribution in [3.05, 3.63) is 29.3 Å². The molecule has 2 fully saturated rings. The van der Waals surface area contributed by atoms with Gasteiger partial charge in [-0.1, -0.05) is 12.1 Å². The Hall–Kier alpha value is -0.357. The molecule has 0 heterocycles. The molecule has 1 N–H and O–H groups in total. The molecule has 4 atom stereocenters. The van der Waals surface area contributed by atoms with Crippen LogP contribution in [0.3, 0.4) is 0 Å². The normalized spacial score (nSPS) is 29.0. The molecule has 22 heavy (non-hydrogen) atoms. The van der Waals surface area contributed by atoms with Gasteiger partial charge in [-0.3, -0.25) is 4.99 Å². The van der Waals surface area contributed by atoms with Gasteiger partial charge in [0.15, 0.2) is 0 Å². The monoisotopic (exact) mass is 414 g/mol. The molecule has 116 valence electrons. The van der Waals surface area contributed by atoms with Crippen molar-refractivity contribution in [2.24, 2.45) is 22.7 Å². The Balaban J connectivity index is 0.000000545. The number of phenolic OH excluding ortho intramolecular Hbond substituents is 1. The van der Waals surface area contributed by atoms with E-state index in [-0.39, 0.29) is 12.0 Å². The van der Waals surface area contributed by atoms with Crippen LogP contribution in [0.25, 0.3) is 0 Å². The molecule has 1 aromatic rings. The summed E-state index contributed by atoms with van der Waals surface area (Å²) >= 11 is -0.826. The van der Waals surface area contributed by atoms with Crippen LogP contribution in [0.1, 0.15) is 30.4 Å². The number of hydrogen-bond donors (Lipinski definition) is 1. The minimum atomic E-state index is -0.826. The summed E-state index contributed by atoms with van der Waals surface area (Å²) in [4.78, 5) is 4.64. The van der Waals surface area contributed by atoms with Gasteiger partial charge in [-0.2, -0.15) is 5.26 Å². The zero-order chi connectivity index (χ0) is 16.1. The molecule has 2 aliphatic rings. The SMILES string of the molecule is Cc1cccc(C=NC2CC3CC(C#N)C2C3)c1O.[Cl][Zr][Cl]. The van der Waals surface area contributed by atoms with Crippen molar-refractivity contribution in [2.45, 2.75) is 32.2 Å². The molecule has 0 spiro atoms. The molecule has 2 aliphatic carbocycles. The summed E-state index contributed by atoms with van der Waals surface area (Å²) in [7, 11) is 9.87. The van der Waals surface area contributed by atoms with Crippen LogP contribution in [0.4, 0.5) is 0 Å². The number of nitriles is 1. The number of aryl methyl sites for hydroxylation is 1. The number of rotatable bonds is 2. The summed E-state index contributed by atoms with van der Waals surface area (Å²) in [5.74, 6) is 1.61. The number of phenols is 1. The second-order valence-corrected chi connectivity index (χ2v) is 9.63. The van der Waals surface area contributed by atoms with Crippen molar-refractivity contribution in [3.63, 3.8) is 0 Å². The summed E-state index contributed by atoms with van der Waals surface area (Å²) in [6.45, 7) is 1.88. The number of halogens is 2. The molecule has 2 bridgehead atoms. The second kappa shape index (κ2) is 8.48. The fourth-order valence-corrected chi connectivity index (χ4v) is 3.60. The Kier molecular flexibility index (Phi) is 6.94. The van der Waals surface area contributed by atoms with Gasteiger partial charge in [-0.25, -0.2) is 0 Å². The number of nitrogens with zero attached hydrogens (tertiary/aromatic N) is 2. The molecule has 3 nitrogen and oxygen atoms in total. The summed E-state index contributed by atoms with van der Waals surface area (Å²) in [5.41, 5.74) is 1.64. The van der Waals surface area contributed by atoms with Gasteiger partial charge in [0.25, 0.3) is 0 Å². The second-order valence-electron chi connectivity index (χ2n) is 5.90. The summed E-state index contributed by atoms with van der Waals surface area (Å²) in [5, 5.41) is 19.1. The van der Waals surface area contributed by atoms with E-state index in [1.54, 1.807) is 6.21 Å². The summed E-state index contributed by atoms with van der Waals surface area (Å²) in [6, 6.07) is 8.37. The van der Waals surface area contributed by atoms with E-state index in [1.807, 2.05) is 25.1 Å². The molecule has 4 unspecified atom stereocenters. The first-order valence-corrected chi connectivity index (χ1v) is 13.6. The average molecular weight is 416 g/mol. The Morgan fingerprint density at radius 2 is 2.09 bits per heavy atom. The molecular weight excluding hydrogens is 398 g/mol. The molecule has 6 heteroatoms. The van der Waals surface area contributed by atoms with Crippen molar-refractivity contribution < 1.29 is 26.0 Å². The molecule has 1 aromatic carbocycles. The van der Waals surface area contributed by atoms with E-state index >= 15 is 0 Å². The van der Waals surface area contributed by atoms with Crippen LogP contribution in [-0.2, 0) is 20.8 Å². The molecule has 2 saturated carbocycles. The molecule has 0 amide bonds. The topological polar surface area (TPSA) is 56.4 Å². The first kappa shape index (κ1) is 18.0. The van der Waals surface area contributed by atoms with Crippen LogP contribution < -0.4 is 0 Å². The maximum absolute atomic E-state index is 9.96. The van der Waals surface area contributed by atoms with Crippen LogP contribution in [0.2, 0.25) is 0 Å². The fourth-order valence-electron chi connectivity index (χ4n) is 3.60. The van der Waals surface area contributed by atoms with Crippen molar-refractivity contribution >= 4 is 23.2 Å². The van der Waals surface area contributed by atoms with Gasteiger partial charge in [-0.15, -0.1) is 0 Å². The number of aliphatic imine (C=N–C) groups is 1. The number of aromatic hydroxyl groups is 1. The van der Waals surface area contributed by atoms with Gasteiger partial charge >= 0.3 is 37.9 Å². The summed E-state index contributed by atoms with van der Waals surface area (Å²) < 4.78 is 0. The standard InChI is InChI=1S/C16H18N2O.2ClH.Zr/c1-10-3-2-4-12(16(10)19)9-18-15-7-11-5-13(8-17)14(15)6-11;;;/h2-4,9,11,13-15,19H,5-7H2,1H3;2*1H;/q;;;+2/p-2. The Labute approximate surface area is 150 Å². The number of fused-ring (bicyclic) bond motifs is 2. The molecule has 0 radical (unpaired) electrons. The fraction of sp³-hybridized carbons (Fsp3) is 0.500. The van der Waals surface area contributed by atoms with Crippen molar-refractivity contribution in [1.82, 2.24) is 0 Å². The molecular formula is C16H18Cl2N2OZr. The van der Waals surface area contributed by atoms with Gasteiger partial charge < -0.3 is 5.11 Å². The Bertz CT molecular complexity index is 588. The number of hydrogen-bond acceptors (Lipinski definition) is 3. The van der Waals surface area contributed by atoms with E-state index in [1.165, 1.54) is 0 Å². The third-order valence-corrected chi connectivity index (χ3v) is 4.62. The van der Waals surface area contributed by atoms with Gasteiger partial charge in [0, 0.05) is 11.8 Å². The van der Waals surface area contributed by atoms with Gasteiger partial charge in [-0.05, 0) is 49.7 Å². The van der Waals surface area contributed by atoms with Crippen LogP contribution in [0.15, 0.2) is 23.2 Å². The van der Waals surface area contributed by atoms with E-state index in [9.17, 15) is 5.11 Å². The third kappa shape index (κ3) is 4.13. The van der Waals surface area contributed by atoms with Gasteiger partial charge in [0.1, 0.15) is 5.75 Å². The van der Waals surface area contributed by atoms with Crippen molar-refractivity contribution in [1.29, 1.82) is 5.26 Å². The Morgan fingerprint density at radius 1 is 1.36 bits per heavy atom. The molecule has 0 aliphatic heterocycles. The van der Waals surface area contributed by atoms with Gasteiger partial charge in [0.05, 0.1) is 18.0 Å². The maximum atomic E-state index is 9.96. The third-order valence-electron chi connectivity index (χ3n) is 4.62. The summed E-state index contributed by atoms with van der Waals surface area (Å²) in [6.07, 6.45) is 5.09. The molecule has 3 rings (SSSR count). The van der Waals surface area contributed by atoms with Crippen LogP contribution in [-0.4, -0.2) is 17.4 Å². The quantitative estimate of drug-likeness (QED) is 0.725. The van der Waals surface area contributed by atoms with E-state index in [4.69, 9.17) is 22.3 Å². The average Bonchev–Trinajstić information content (AvgIpc) is 3.09. The zero-order valence-corrected chi connectivity index (χ0v) is 16.3. The molecule has 0 aromatic heterocycles. The predicted octanol–water partition coefficient (Wildman–Crippen LogP) is 4.43. The minimum absolute atomic E-state index is 0.187. The zero-order valence-electron chi connectivity index (χ0n) is 12.3. The predicted molar refractivity (Wildman–Crippen MR) is 85.9 cm³/mol. The first-order valence-electron chi connectivity index (χ1n) is 7.28. The van der Waals surface area contributed by atoms with Crippen LogP contribution in [0.5, 0.6) is 5.75 Å². The van der Waals surface area contributed by atoms with Crippen LogP contribution >= 0.6 is 17.0 Å². The molecule has 0 saturated heterocycles. The van der Waals surface area contributed by atoms with E-state index in [0.717, 1.165) is 30.4 Å². The van der Waals surface area contributed by atoms with E-state index in [0.29, 0.717) is 17.6 Å². The van der Waals surface area contributed by atoms with Crippen LogP contribution in [0, 0.1) is 36.0 Å². The number of benzene rings is 1. The van der Waals surface area contributed by atoms with E-state index in [2.05, 4.69) is 11.1 Å². The van der Waals surface area contributed by atoms with Crippen molar-refractivity contribution in [2.75, 3.05) is 0 Å². The number of para-hydroxylation sites is 1. The van der Waals surface area contributed by atoms with Crippen molar-refractivity contribution in [3.8, 4) is 11.8 Å². The van der Waals surface area contributed by atoms with Gasteiger partial charge in [0.2, 0.25) is 0 Å².